The molecule has 1 N–H and O–H groups in total. The van der Waals surface area contributed by atoms with Crippen LogP contribution in [0.4, 0.5) is 13.2 Å². The molecule has 1 aliphatic heterocycles. The van der Waals surface area contributed by atoms with Gasteiger partial charge in [0.15, 0.2) is 6.10 Å². The Morgan fingerprint density at radius 1 is 1.33 bits per heavy atom. The van der Waals surface area contributed by atoms with Crippen LogP contribution in [0.2, 0.25) is 0 Å². The Balaban J connectivity index is 1.97. The van der Waals surface area contributed by atoms with Crippen molar-refractivity contribution in [2.75, 3.05) is 13.2 Å². The van der Waals surface area contributed by atoms with Crippen LogP contribution in [0.25, 0.3) is 0 Å². The number of carbonyl (C=O) groups excluding carboxylic acids is 1. The summed E-state index contributed by atoms with van der Waals surface area (Å²) in [5.41, 5.74) is 0. The third-order valence-corrected chi connectivity index (χ3v) is 3.19. The Bertz CT molecular complexity index is 458. The van der Waals surface area contributed by atoms with Gasteiger partial charge in [-0.1, -0.05) is 18.2 Å². The molecule has 2 rings (SSSR count). The maximum atomic E-state index is 12.3. The third-order valence-electron chi connectivity index (χ3n) is 3.19. The Kier molecular flexibility index (Phi) is 5.06. The number of nitrogens with one attached hydrogen (secondary N) is 1. The number of hydrogen-bond donors (Lipinski definition) is 1. The largest absolute Gasteiger partial charge is 0.490 e. The van der Waals surface area contributed by atoms with E-state index in [4.69, 9.17) is 4.74 Å². The number of esters is 1. The first kappa shape index (κ1) is 15.6. The van der Waals surface area contributed by atoms with Crippen LogP contribution in [0.3, 0.4) is 0 Å². The number of benzene rings is 1. The molecule has 1 aromatic rings. The van der Waals surface area contributed by atoms with E-state index in [0.717, 1.165) is 6.42 Å². The van der Waals surface area contributed by atoms with E-state index in [0.29, 0.717) is 18.7 Å². The summed E-state index contributed by atoms with van der Waals surface area (Å²) in [4.78, 5) is 11.0. The fraction of sp³-hybridized carbons (Fsp3) is 0.500. The maximum Gasteiger partial charge on any atom is 0.490 e. The smallest absolute Gasteiger partial charge is 0.490 e. The summed E-state index contributed by atoms with van der Waals surface area (Å²) in [7, 11) is 0. The highest BCUT2D eigenvalue weighted by Gasteiger charge is 2.43. The average Bonchev–Trinajstić information content (AvgIpc) is 2.97. The van der Waals surface area contributed by atoms with E-state index >= 15 is 0 Å². The molecule has 0 radical (unpaired) electrons. The molecule has 1 aliphatic rings. The van der Waals surface area contributed by atoms with Crippen LogP contribution in [0.1, 0.15) is 12.8 Å². The predicted molar refractivity (Wildman–Crippen MR) is 68.9 cm³/mol. The maximum absolute atomic E-state index is 12.3. The highest BCUT2D eigenvalue weighted by molar-refractivity contribution is 5.75. The van der Waals surface area contributed by atoms with Gasteiger partial charge in [-0.15, -0.1) is 0 Å². The molecule has 1 heterocycles. The van der Waals surface area contributed by atoms with Crippen molar-refractivity contribution >= 4 is 5.97 Å². The molecule has 0 aliphatic carbocycles. The topological polar surface area (TPSA) is 47.6 Å². The third kappa shape index (κ3) is 4.63. The summed E-state index contributed by atoms with van der Waals surface area (Å²) >= 11 is 0. The summed E-state index contributed by atoms with van der Waals surface area (Å²) in [5.74, 6) is -1.67. The van der Waals surface area contributed by atoms with E-state index in [1.54, 1.807) is 30.3 Å². The molecule has 21 heavy (non-hydrogen) atoms. The number of hydrogen-bond acceptors (Lipinski definition) is 4. The van der Waals surface area contributed by atoms with Crippen molar-refractivity contribution in [3.8, 4) is 5.75 Å². The summed E-state index contributed by atoms with van der Waals surface area (Å²) < 4.78 is 47.0. The van der Waals surface area contributed by atoms with Crippen molar-refractivity contribution in [2.45, 2.75) is 31.2 Å². The summed E-state index contributed by atoms with van der Waals surface area (Å²) in [6.07, 6.45) is -4.49. The standard InChI is InChI=1S/C14H16F3NO3/c15-14(16,17)13(19)21-12(11-7-4-8-18-11)9-20-10-5-2-1-3-6-10/h1-3,5-6,11-12,18H,4,7-9H2/t11-,12?/m1/s1. The van der Waals surface area contributed by atoms with E-state index in [1.807, 2.05) is 0 Å². The Morgan fingerprint density at radius 2 is 2.05 bits per heavy atom. The molecule has 1 unspecified atom stereocenters. The number of alkyl halides is 3. The first-order valence-corrected chi connectivity index (χ1v) is 6.66. The van der Waals surface area contributed by atoms with Gasteiger partial charge >= 0.3 is 12.1 Å². The average molecular weight is 303 g/mol. The van der Waals surface area contributed by atoms with E-state index in [2.05, 4.69) is 10.1 Å². The van der Waals surface area contributed by atoms with Crippen molar-refractivity contribution in [3.05, 3.63) is 30.3 Å². The fourth-order valence-corrected chi connectivity index (χ4v) is 2.16. The van der Waals surface area contributed by atoms with Gasteiger partial charge in [0, 0.05) is 6.04 Å². The molecule has 116 valence electrons. The van der Waals surface area contributed by atoms with E-state index in [-0.39, 0.29) is 12.6 Å². The first-order valence-electron chi connectivity index (χ1n) is 6.66. The number of carbonyl (C=O) groups is 1. The van der Waals surface area contributed by atoms with Crippen LogP contribution in [-0.2, 0) is 9.53 Å². The van der Waals surface area contributed by atoms with Crippen molar-refractivity contribution in [2.24, 2.45) is 0 Å². The molecule has 1 fully saturated rings. The molecule has 4 nitrogen and oxygen atoms in total. The van der Waals surface area contributed by atoms with Gasteiger partial charge < -0.3 is 14.8 Å². The van der Waals surface area contributed by atoms with Gasteiger partial charge in [-0.05, 0) is 31.5 Å². The quantitative estimate of drug-likeness (QED) is 0.848. The minimum atomic E-state index is -5.00. The van der Waals surface area contributed by atoms with Crippen molar-refractivity contribution in [3.63, 3.8) is 0 Å². The molecule has 1 aromatic carbocycles. The Labute approximate surface area is 120 Å². The van der Waals surface area contributed by atoms with Crippen LogP contribution < -0.4 is 10.1 Å². The van der Waals surface area contributed by atoms with E-state index in [1.165, 1.54) is 0 Å². The summed E-state index contributed by atoms with van der Waals surface area (Å²) in [5, 5.41) is 3.03. The molecule has 0 spiro atoms. The second-order valence-electron chi connectivity index (χ2n) is 4.77. The van der Waals surface area contributed by atoms with Gasteiger partial charge in [-0.3, -0.25) is 0 Å². The Hall–Kier alpha value is -1.76. The van der Waals surface area contributed by atoms with E-state index in [9.17, 15) is 18.0 Å². The van der Waals surface area contributed by atoms with Gasteiger partial charge in [-0.25, -0.2) is 4.79 Å². The molecule has 0 amide bonds. The zero-order valence-corrected chi connectivity index (χ0v) is 11.2. The molecule has 0 aromatic heterocycles. The number of halogens is 3. The lowest BCUT2D eigenvalue weighted by Gasteiger charge is -2.24. The lowest BCUT2D eigenvalue weighted by molar-refractivity contribution is -0.207. The van der Waals surface area contributed by atoms with Gasteiger partial charge in [-0.2, -0.15) is 13.2 Å². The second kappa shape index (κ2) is 6.80. The van der Waals surface area contributed by atoms with Gasteiger partial charge in [0.1, 0.15) is 12.4 Å². The van der Waals surface area contributed by atoms with Crippen LogP contribution in [0, 0.1) is 0 Å². The molecule has 1 saturated heterocycles. The van der Waals surface area contributed by atoms with Gasteiger partial charge in [0.2, 0.25) is 0 Å². The molecule has 0 saturated carbocycles. The molecule has 0 bridgehead atoms. The van der Waals surface area contributed by atoms with Gasteiger partial charge in [0.25, 0.3) is 0 Å². The zero-order chi connectivity index (χ0) is 15.3. The molecule has 2 atom stereocenters. The minimum absolute atomic E-state index is 0.122. The molecular formula is C14H16F3NO3. The van der Waals surface area contributed by atoms with E-state index < -0.39 is 18.2 Å². The predicted octanol–water partition coefficient (Wildman–Crippen LogP) is 2.29. The van der Waals surface area contributed by atoms with Crippen LogP contribution in [0.15, 0.2) is 30.3 Å². The number of ether oxygens (including phenoxy) is 2. The molecular weight excluding hydrogens is 287 g/mol. The molecule has 7 heteroatoms. The van der Waals surface area contributed by atoms with Crippen molar-refractivity contribution in [1.82, 2.24) is 5.32 Å². The fourth-order valence-electron chi connectivity index (χ4n) is 2.16. The SMILES string of the molecule is O=C(OC(COc1ccccc1)[C@H]1CCCN1)C(F)(F)F. The highest BCUT2D eigenvalue weighted by atomic mass is 19.4. The van der Waals surface area contributed by atoms with Gasteiger partial charge in [0.05, 0.1) is 0 Å². The van der Waals surface area contributed by atoms with Crippen LogP contribution >= 0.6 is 0 Å². The lowest BCUT2D eigenvalue weighted by Crippen LogP contribution is -2.44. The minimum Gasteiger partial charge on any atom is -0.490 e. The monoisotopic (exact) mass is 303 g/mol. The van der Waals surface area contributed by atoms with Crippen molar-refractivity contribution < 1.29 is 27.4 Å². The van der Waals surface area contributed by atoms with Crippen LogP contribution in [0.5, 0.6) is 5.75 Å². The normalized spacial score (nSPS) is 20.0. The zero-order valence-electron chi connectivity index (χ0n) is 11.2. The number of rotatable bonds is 5. The highest BCUT2D eigenvalue weighted by Crippen LogP contribution is 2.21. The number of para-hydroxylation sites is 1. The van der Waals surface area contributed by atoms with Crippen molar-refractivity contribution in [1.29, 1.82) is 0 Å². The Morgan fingerprint density at radius 3 is 2.62 bits per heavy atom. The summed E-state index contributed by atoms with van der Waals surface area (Å²) in [6.45, 7) is 0.569. The second-order valence-corrected chi connectivity index (χ2v) is 4.77. The first-order chi connectivity index (χ1) is 9.97. The summed E-state index contributed by atoms with van der Waals surface area (Å²) in [6, 6.07) is 8.35. The lowest BCUT2D eigenvalue weighted by atomic mass is 10.1. The van der Waals surface area contributed by atoms with Crippen LogP contribution in [-0.4, -0.2) is 37.4 Å².